The number of nitriles is 1. The van der Waals surface area contributed by atoms with Crippen molar-refractivity contribution in [3.8, 4) is 6.07 Å². The van der Waals surface area contributed by atoms with Crippen molar-refractivity contribution >= 4 is 17.5 Å². The van der Waals surface area contributed by atoms with Crippen molar-refractivity contribution in [2.45, 2.75) is 13.8 Å². The predicted molar refractivity (Wildman–Crippen MR) is 67.8 cm³/mol. The zero-order valence-electron chi connectivity index (χ0n) is 10.3. The van der Waals surface area contributed by atoms with Crippen LogP contribution in [0.2, 0.25) is 5.02 Å². The lowest BCUT2D eigenvalue weighted by Gasteiger charge is -2.22. The van der Waals surface area contributed by atoms with Crippen molar-refractivity contribution in [3.63, 3.8) is 0 Å². The Labute approximate surface area is 111 Å². The van der Waals surface area contributed by atoms with Gasteiger partial charge in [0, 0.05) is 13.1 Å². The molecule has 3 nitrogen and oxygen atoms in total. The van der Waals surface area contributed by atoms with E-state index in [9.17, 15) is 9.18 Å². The van der Waals surface area contributed by atoms with Gasteiger partial charge in [0.1, 0.15) is 5.82 Å². The number of carbonyl (C=O) groups is 1. The van der Waals surface area contributed by atoms with Crippen LogP contribution < -0.4 is 0 Å². The summed E-state index contributed by atoms with van der Waals surface area (Å²) in [6, 6.07) is 5.74. The van der Waals surface area contributed by atoms with Crippen LogP contribution in [0.25, 0.3) is 0 Å². The van der Waals surface area contributed by atoms with Gasteiger partial charge in [-0.15, -0.1) is 0 Å². The van der Waals surface area contributed by atoms with Crippen molar-refractivity contribution in [2.24, 2.45) is 5.92 Å². The minimum absolute atomic E-state index is 0.0862. The molecule has 96 valence electrons. The highest BCUT2D eigenvalue weighted by atomic mass is 35.5. The number of hydrogen-bond donors (Lipinski definition) is 0. The van der Waals surface area contributed by atoms with E-state index >= 15 is 0 Å². The van der Waals surface area contributed by atoms with Crippen molar-refractivity contribution in [1.29, 1.82) is 5.26 Å². The van der Waals surface area contributed by atoms with E-state index in [4.69, 9.17) is 16.9 Å². The van der Waals surface area contributed by atoms with E-state index in [1.807, 2.05) is 6.92 Å². The molecule has 1 rings (SSSR count). The van der Waals surface area contributed by atoms with Crippen LogP contribution in [-0.2, 0) is 0 Å². The van der Waals surface area contributed by atoms with Crippen LogP contribution >= 0.6 is 11.6 Å². The summed E-state index contributed by atoms with van der Waals surface area (Å²) < 4.78 is 12.9. The van der Waals surface area contributed by atoms with Crippen LogP contribution in [-0.4, -0.2) is 23.9 Å². The third-order valence-electron chi connectivity index (χ3n) is 2.55. The minimum Gasteiger partial charge on any atom is -0.338 e. The molecule has 0 spiro atoms. The standard InChI is InChI=1S/C13H14ClFN2O/c1-3-17(8-9(2)7-16)13(18)11-5-4-10(15)6-12(11)14/h4-6,9H,3,8H2,1-2H3/t9-/m0/s1. The van der Waals surface area contributed by atoms with Gasteiger partial charge >= 0.3 is 0 Å². The highest BCUT2D eigenvalue weighted by Crippen LogP contribution is 2.19. The highest BCUT2D eigenvalue weighted by molar-refractivity contribution is 6.33. The molecule has 0 aliphatic heterocycles. The van der Waals surface area contributed by atoms with Gasteiger partial charge in [0.25, 0.3) is 5.91 Å². The number of amides is 1. The summed E-state index contributed by atoms with van der Waals surface area (Å²) in [5.41, 5.74) is 0.255. The van der Waals surface area contributed by atoms with E-state index in [0.717, 1.165) is 6.07 Å². The molecule has 0 aliphatic carbocycles. The molecule has 0 aliphatic rings. The maximum Gasteiger partial charge on any atom is 0.255 e. The highest BCUT2D eigenvalue weighted by Gasteiger charge is 2.19. The Bertz CT molecular complexity index is 484. The van der Waals surface area contributed by atoms with Crippen LogP contribution in [0, 0.1) is 23.1 Å². The number of nitrogens with zero attached hydrogens (tertiary/aromatic N) is 2. The molecule has 0 N–H and O–H groups in total. The van der Waals surface area contributed by atoms with Gasteiger partial charge in [-0.05, 0) is 32.0 Å². The Morgan fingerprint density at radius 1 is 1.61 bits per heavy atom. The van der Waals surface area contributed by atoms with Crippen molar-refractivity contribution in [1.82, 2.24) is 4.90 Å². The first-order valence-corrected chi connectivity index (χ1v) is 6.01. The lowest BCUT2D eigenvalue weighted by Crippen LogP contribution is -2.34. The van der Waals surface area contributed by atoms with Gasteiger partial charge in [-0.3, -0.25) is 4.79 Å². The smallest absolute Gasteiger partial charge is 0.255 e. The van der Waals surface area contributed by atoms with Gasteiger partial charge in [0.2, 0.25) is 0 Å². The fraction of sp³-hybridized carbons (Fsp3) is 0.385. The second-order valence-corrected chi connectivity index (χ2v) is 4.41. The largest absolute Gasteiger partial charge is 0.338 e. The molecule has 1 aromatic carbocycles. The predicted octanol–water partition coefficient (Wildman–Crippen LogP) is 3.10. The van der Waals surface area contributed by atoms with Crippen LogP contribution in [0.15, 0.2) is 18.2 Å². The molecule has 0 radical (unpaired) electrons. The van der Waals surface area contributed by atoms with E-state index in [1.54, 1.807) is 6.92 Å². The average molecular weight is 269 g/mol. The van der Waals surface area contributed by atoms with Gasteiger partial charge in [-0.2, -0.15) is 5.26 Å². The summed E-state index contributed by atoms with van der Waals surface area (Å²) in [7, 11) is 0. The molecule has 0 saturated heterocycles. The maximum atomic E-state index is 12.9. The fourth-order valence-electron chi connectivity index (χ4n) is 1.56. The molecule has 1 atom stereocenters. The van der Waals surface area contributed by atoms with E-state index in [2.05, 4.69) is 6.07 Å². The molecule has 0 heterocycles. The molecule has 0 saturated carbocycles. The zero-order valence-corrected chi connectivity index (χ0v) is 11.0. The summed E-state index contributed by atoms with van der Waals surface area (Å²) >= 11 is 5.84. The molecule has 1 amide bonds. The first kappa shape index (κ1) is 14.5. The zero-order chi connectivity index (χ0) is 13.7. The quantitative estimate of drug-likeness (QED) is 0.842. The van der Waals surface area contributed by atoms with Crippen molar-refractivity contribution < 1.29 is 9.18 Å². The van der Waals surface area contributed by atoms with Crippen LogP contribution in [0.3, 0.4) is 0 Å². The monoisotopic (exact) mass is 268 g/mol. The third kappa shape index (κ3) is 3.44. The van der Waals surface area contributed by atoms with Crippen LogP contribution in [0.5, 0.6) is 0 Å². The summed E-state index contributed by atoms with van der Waals surface area (Å²) in [5.74, 6) is -1.03. The normalized spacial score (nSPS) is 11.7. The third-order valence-corrected chi connectivity index (χ3v) is 2.86. The topological polar surface area (TPSA) is 44.1 Å². The van der Waals surface area contributed by atoms with Gasteiger partial charge in [-0.1, -0.05) is 11.6 Å². The number of hydrogen-bond acceptors (Lipinski definition) is 2. The first-order chi connectivity index (χ1) is 8.49. The Balaban J connectivity index is 2.94. The molecular formula is C13H14ClFN2O. The van der Waals surface area contributed by atoms with Gasteiger partial charge in [0.05, 0.1) is 22.6 Å². The van der Waals surface area contributed by atoms with Crippen molar-refractivity contribution in [3.05, 3.63) is 34.6 Å². The summed E-state index contributed by atoms with van der Waals surface area (Å²) in [5, 5.41) is 8.85. The Kier molecular flexibility index (Phi) is 5.11. The van der Waals surface area contributed by atoms with E-state index < -0.39 is 5.82 Å². The summed E-state index contributed by atoms with van der Waals surface area (Å²) in [6.07, 6.45) is 0. The lowest BCUT2D eigenvalue weighted by atomic mass is 10.1. The van der Waals surface area contributed by atoms with E-state index in [1.165, 1.54) is 17.0 Å². The second kappa shape index (κ2) is 6.36. The molecular weight excluding hydrogens is 255 g/mol. The number of rotatable bonds is 4. The molecule has 0 unspecified atom stereocenters. The number of halogens is 2. The number of carbonyl (C=O) groups excluding carboxylic acids is 1. The molecule has 1 aromatic rings. The Morgan fingerprint density at radius 2 is 2.28 bits per heavy atom. The van der Waals surface area contributed by atoms with Crippen LogP contribution in [0.1, 0.15) is 24.2 Å². The van der Waals surface area contributed by atoms with Crippen molar-refractivity contribution in [2.75, 3.05) is 13.1 Å². The average Bonchev–Trinajstić information content (AvgIpc) is 2.34. The van der Waals surface area contributed by atoms with Gasteiger partial charge < -0.3 is 4.90 Å². The first-order valence-electron chi connectivity index (χ1n) is 5.63. The molecule has 0 bridgehead atoms. The summed E-state index contributed by atoms with van der Waals surface area (Å²) in [6.45, 7) is 4.36. The van der Waals surface area contributed by atoms with E-state index in [-0.39, 0.29) is 22.4 Å². The molecule has 0 aromatic heterocycles. The molecule has 18 heavy (non-hydrogen) atoms. The minimum atomic E-state index is -0.481. The van der Waals surface area contributed by atoms with Crippen LogP contribution in [0.4, 0.5) is 4.39 Å². The Morgan fingerprint density at radius 3 is 2.78 bits per heavy atom. The number of benzene rings is 1. The molecule has 0 fully saturated rings. The van der Waals surface area contributed by atoms with E-state index in [0.29, 0.717) is 13.1 Å². The Hall–Kier alpha value is -1.60. The molecule has 5 heteroatoms. The second-order valence-electron chi connectivity index (χ2n) is 4.00. The SMILES string of the molecule is CCN(C[C@@H](C)C#N)C(=O)c1ccc(F)cc1Cl. The fourth-order valence-corrected chi connectivity index (χ4v) is 1.81. The lowest BCUT2D eigenvalue weighted by molar-refractivity contribution is 0.0753. The van der Waals surface area contributed by atoms with Gasteiger partial charge in [-0.25, -0.2) is 4.39 Å². The summed E-state index contributed by atoms with van der Waals surface area (Å²) in [4.78, 5) is 13.7. The maximum absolute atomic E-state index is 12.9. The van der Waals surface area contributed by atoms with Gasteiger partial charge in [0.15, 0.2) is 0 Å².